The molecule has 0 spiro atoms. The van der Waals surface area contributed by atoms with Crippen molar-refractivity contribution in [3.05, 3.63) is 0 Å². The fourth-order valence-electron chi connectivity index (χ4n) is 0. The van der Waals surface area contributed by atoms with Gasteiger partial charge in [-0.25, -0.2) is 0 Å². The van der Waals surface area contributed by atoms with Crippen LogP contribution in [0.2, 0.25) is 0 Å². The Kier molecular flexibility index (Phi) is 127. The molecule has 0 atom stereocenters. The van der Waals surface area contributed by atoms with Crippen molar-refractivity contribution in [2.24, 2.45) is 0 Å². The number of rotatable bonds is 0. The first kappa shape index (κ1) is 39.3. The molecule has 0 unspecified atom stereocenters. The van der Waals surface area contributed by atoms with Crippen molar-refractivity contribution in [2.75, 3.05) is 0 Å². The quantitative estimate of drug-likeness (QED) is 0.345. The van der Waals surface area contributed by atoms with Gasteiger partial charge in [0, 0.05) is 5.97 Å². The predicted octanol–water partition coefficient (Wildman–Crippen LogP) is -2.33. The molecule has 0 amide bonds. The van der Waals surface area contributed by atoms with Crippen molar-refractivity contribution >= 4 is 5.97 Å². The number of hydrogen-bond acceptors (Lipinski definition) is 2. The van der Waals surface area contributed by atoms with Crippen LogP contribution in [-0.2, 0) is 4.79 Å². The van der Waals surface area contributed by atoms with E-state index in [1.165, 1.54) is 0 Å². The third-order valence-corrected chi connectivity index (χ3v) is 0. The van der Waals surface area contributed by atoms with Crippen molar-refractivity contribution in [3.63, 3.8) is 0 Å². The van der Waals surface area contributed by atoms with Gasteiger partial charge in [-0.05, 0) is 6.92 Å². The Hall–Kier alpha value is 0.470. The number of carbonyl (C=O) groups is 1. The molecule has 0 bridgehead atoms. The summed E-state index contributed by atoms with van der Waals surface area (Å²) in [6.07, 6.45) is 0. The molecular weight excluding hydrogens is 115 g/mol. The summed E-state index contributed by atoms with van der Waals surface area (Å²) in [5, 5.41) is 8.89. The fraction of sp³-hybridized carbons (Fsp3) is 0.800. The molecule has 0 aromatic heterocycles. The maximum atomic E-state index is 8.89. The molecule has 0 N–H and O–H groups in total. The van der Waals surface area contributed by atoms with Crippen LogP contribution in [0.1, 0.15) is 29.2 Å². The Morgan fingerprint density at radius 2 is 1.25 bits per heavy atom. The molecule has 0 aliphatic carbocycles. The Balaban J connectivity index is -0.00000000750. The summed E-state index contributed by atoms with van der Waals surface area (Å²) >= 11 is 0. The summed E-state index contributed by atoms with van der Waals surface area (Å²) in [6, 6.07) is 0. The van der Waals surface area contributed by atoms with E-state index in [4.69, 9.17) is 9.90 Å². The minimum absolute atomic E-state index is 0. The average Bonchev–Trinajstić information content (AvgIpc) is 0.811. The zero-order valence-corrected chi connectivity index (χ0v) is 5.32. The van der Waals surface area contributed by atoms with E-state index in [0.29, 0.717) is 0 Å². The molecule has 3 heteroatoms. The first-order valence-electron chi connectivity index (χ1n) is 0.908. The number of aliphatic carboxylic acids is 1. The summed E-state index contributed by atoms with van der Waals surface area (Å²) in [6.45, 7) is 0.972. The van der Waals surface area contributed by atoms with Gasteiger partial charge in [-0.2, -0.15) is 0 Å². The third-order valence-electron chi connectivity index (χ3n) is 0. The molecule has 0 radical (unpaired) electrons. The predicted molar refractivity (Wildman–Crippen MR) is 30.9 cm³/mol. The van der Waals surface area contributed by atoms with Crippen molar-refractivity contribution in [2.45, 2.75) is 29.2 Å². The van der Waals surface area contributed by atoms with Crippen LogP contribution in [-0.4, -0.2) is 5.97 Å². The van der Waals surface area contributed by atoms with Gasteiger partial charge in [0.15, 0.2) is 0 Å². The molecular formula is C5H15NaO2. The van der Waals surface area contributed by atoms with Gasteiger partial charge in [0.1, 0.15) is 0 Å². The maximum Gasteiger partial charge on any atom is 1.00 e. The Morgan fingerprint density at radius 3 is 1.25 bits per heavy atom. The van der Waals surface area contributed by atoms with Gasteiger partial charge in [-0.15, -0.1) is 0 Å². The first-order chi connectivity index (χ1) is 1.73. The first-order valence-corrected chi connectivity index (χ1v) is 0.908. The van der Waals surface area contributed by atoms with E-state index >= 15 is 0 Å². The molecule has 0 fully saturated rings. The van der Waals surface area contributed by atoms with Gasteiger partial charge in [0.05, 0.1) is 0 Å². The van der Waals surface area contributed by atoms with Gasteiger partial charge < -0.3 is 9.90 Å². The molecule has 8 heavy (non-hydrogen) atoms. The Morgan fingerprint density at radius 1 is 1.25 bits per heavy atom. The van der Waals surface area contributed by atoms with E-state index in [1.54, 1.807) is 0 Å². The van der Waals surface area contributed by atoms with Crippen molar-refractivity contribution < 1.29 is 39.5 Å². The van der Waals surface area contributed by atoms with Crippen LogP contribution in [0.25, 0.3) is 0 Å². The van der Waals surface area contributed by atoms with Crippen molar-refractivity contribution in [1.82, 2.24) is 0 Å². The van der Waals surface area contributed by atoms with E-state index in [1.807, 2.05) is 0 Å². The van der Waals surface area contributed by atoms with E-state index in [-0.39, 0.29) is 51.8 Å². The van der Waals surface area contributed by atoms with Gasteiger partial charge >= 0.3 is 29.6 Å². The zero-order valence-electron chi connectivity index (χ0n) is 3.32. The van der Waals surface area contributed by atoms with Gasteiger partial charge in [-0.3, -0.25) is 0 Å². The molecule has 48 valence electrons. The minimum atomic E-state index is -1.08. The molecule has 0 aliphatic rings. The summed E-state index contributed by atoms with van der Waals surface area (Å²) in [5.41, 5.74) is 0. The second-order valence-corrected chi connectivity index (χ2v) is 0.492. The number of hydrogen-bond donors (Lipinski definition) is 0. The van der Waals surface area contributed by atoms with Crippen molar-refractivity contribution in [3.8, 4) is 0 Å². The second kappa shape index (κ2) is 26.0. The normalized spacial score (nSPS) is 3.12. The van der Waals surface area contributed by atoms with Gasteiger partial charge in [0.2, 0.25) is 0 Å². The van der Waals surface area contributed by atoms with Crippen LogP contribution in [0, 0.1) is 0 Å². The van der Waals surface area contributed by atoms with E-state index < -0.39 is 5.97 Å². The average molecular weight is 130 g/mol. The van der Waals surface area contributed by atoms with E-state index in [0.717, 1.165) is 6.92 Å². The van der Waals surface area contributed by atoms with Crippen LogP contribution in [0.3, 0.4) is 0 Å². The molecule has 0 aromatic rings. The summed E-state index contributed by atoms with van der Waals surface area (Å²) in [5.74, 6) is -1.08. The monoisotopic (exact) mass is 130 g/mol. The molecule has 0 aliphatic heterocycles. The number of carboxylic acids is 1. The van der Waals surface area contributed by atoms with Crippen molar-refractivity contribution in [1.29, 1.82) is 0 Å². The zero-order chi connectivity index (χ0) is 3.58. The molecule has 0 aromatic carbocycles. The van der Waals surface area contributed by atoms with Crippen LogP contribution in [0.5, 0.6) is 0 Å². The molecule has 2 nitrogen and oxygen atoms in total. The fourth-order valence-corrected chi connectivity index (χ4v) is 0. The Labute approximate surface area is 74.6 Å². The third kappa shape index (κ3) is 876. The Bertz CT molecular complexity index is 33.4. The second-order valence-electron chi connectivity index (χ2n) is 0.492. The molecule has 0 rings (SSSR count). The van der Waals surface area contributed by atoms with Crippen LogP contribution in [0.4, 0.5) is 0 Å². The number of carbonyl (C=O) groups excluding carboxylic acids is 1. The van der Waals surface area contributed by atoms with Crippen LogP contribution < -0.4 is 34.7 Å². The summed E-state index contributed by atoms with van der Waals surface area (Å²) < 4.78 is 0. The van der Waals surface area contributed by atoms with Crippen LogP contribution in [0.15, 0.2) is 0 Å². The summed E-state index contributed by atoms with van der Waals surface area (Å²) in [4.78, 5) is 8.89. The van der Waals surface area contributed by atoms with E-state index in [2.05, 4.69) is 0 Å². The maximum absolute atomic E-state index is 8.89. The minimum Gasteiger partial charge on any atom is -0.550 e. The van der Waals surface area contributed by atoms with Gasteiger partial charge in [-0.1, -0.05) is 22.3 Å². The van der Waals surface area contributed by atoms with E-state index in [9.17, 15) is 0 Å². The molecule has 0 saturated heterocycles. The molecule has 0 saturated carbocycles. The smallest absolute Gasteiger partial charge is 0.550 e. The SMILES string of the molecule is C.C.C.CC(=O)[O-].[Na+]. The standard InChI is InChI=1S/C2H4O2.3CH4.Na/c1-2(3)4;;;;/h1H3,(H,3,4);3*1H4;/q;;;;+1/p-1. The summed E-state index contributed by atoms with van der Waals surface area (Å²) in [7, 11) is 0. The topological polar surface area (TPSA) is 40.1 Å². The van der Waals surface area contributed by atoms with Crippen LogP contribution >= 0.6 is 0 Å². The molecule has 0 heterocycles. The largest absolute Gasteiger partial charge is 1.00 e. The number of carboxylic acid groups (broad SMARTS) is 1. The van der Waals surface area contributed by atoms with Gasteiger partial charge in [0.25, 0.3) is 0 Å².